The quantitative estimate of drug-likeness (QED) is 0.815. The lowest BCUT2D eigenvalue weighted by molar-refractivity contribution is -0.116. The Balaban J connectivity index is 2.75. The largest absolute Gasteiger partial charge is 0.395 e. The Bertz CT molecular complexity index is 484. The number of carbonyl (C=O) groups excluding carboxylic acids is 1. The van der Waals surface area contributed by atoms with Gasteiger partial charge in [0.15, 0.2) is 9.84 Å². The number of sulfone groups is 1. The Labute approximate surface area is 107 Å². The lowest BCUT2D eigenvalue weighted by atomic mass is 10.3. The molecule has 18 heavy (non-hydrogen) atoms. The highest BCUT2D eigenvalue weighted by atomic mass is 32.2. The van der Waals surface area contributed by atoms with Crippen molar-refractivity contribution in [2.24, 2.45) is 0 Å². The fraction of sp³-hybridized carbons (Fsp3) is 0.417. The van der Waals surface area contributed by atoms with Gasteiger partial charge in [-0.15, -0.1) is 0 Å². The molecule has 6 heteroatoms. The van der Waals surface area contributed by atoms with Gasteiger partial charge in [-0.1, -0.05) is 18.2 Å². The molecule has 0 saturated heterocycles. The second-order valence-electron chi connectivity index (χ2n) is 3.88. The standard InChI is InChI=1S/C12H17NO4S/c1-11(15)13(12-5-3-2-4-6-12)7-9-18(16,17)10-8-14/h2-6,14H,7-10H2,1H3. The van der Waals surface area contributed by atoms with E-state index in [9.17, 15) is 13.2 Å². The predicted molar refractivity (Wildman–Crippen MR) is 70.2 cm³/mol. The summed E-state index contributed by atoms with van der Waals surface area (Å²) in [5.74, 6) is -0.629. The minimum Gasteiger partial charge on any atom is -0.395 e. The Kier molecular flexibility index (Phi) is 5.30. The molecule has 0 heterocycles. The van der Waals surface area contributed by atoms with Crippen LogP contribution in [-0.4, -0.2) is 44.1 Å². The fourth-order valence-electron chi connectivity index (χ4n) is 1.55. The summed E-state index contributed by atoms with van der Waals surface area (Å²) in [5.41, 5.74) is 0.671. The number of nitrogens with zero attached hydrogens (tertiary/aromatic N) is 1. The second-order valence-corrected chi connectivity index (χ2v) is 6.19. The average Bonchev–Trinajstić information content (AvgIpc) is 2.30. The molecule has 1 N–H and O–H groups in total. The number of amides is 1. The van der Waals surface area contributed by atoms with E-state index in [1.807, 2.05) is 6.07 Å². The smallest absolute Gasteiger partial charge is 0.223 e. The zero-order valence-electron chi connectivity index (χ0n) is 10.2. The normalized spacial score (nSPS) is 11.2. The van der Waals surface area contributed by atoms with Gasteiger partial charge in [-0.25, -0.2) is 8.42 Å². The highest BCUT2D eigenvalue weighted by molar-refractivity contribution is 7.91. The third-order valence-electron chi connectivity index (χ3n) is 2.48. The van der Waals surface area contributed by atoms with E-state index in [-0.39, 0.29) is 24.0 Å². The SMILES string of the molecule is CC(=O)N(CCS(=O)(=O)CCO)c1ccccc1. The maximum atomic E-state index is 11.5. The molecule has 0 aliphatic heterocycles. The second kappa shape index (κ2) is 6.51. The highest BCUT2D eigenvalue weighted by Crippen LogP contribution is 2.13. The Morgan fingerprint density at radius 1 is 1.22 bits per heavy atom. The topological polar surface area (TPSA) is 74.7 Å². The van der Waals surface area contributed by atoms with Crippen LogP contribution in [0, 0.1) is 0 Å². The zero-order chi connectivity index (χ0) is 13.6. The van der Waals surface area contributed by atoms with Crippen LogP contribution in [0.2, 0.25) is 0 Å². The summed E-state index contributed by atoms with van der Waals surface area (Å²) in [6, 6.07) is 8.89. The van der Waals surface area contributed by atoms with Crippen LogP contribution in [-0.2, 0) is 14.6 Å². The molecule has 1 rings (SSSR count). The van der Waals surface area contributed by atoms with Crippen LogP contribution in [0.15, 0.2) is 30.3 Å². The van der Waals surface area contributed by atoms with Gasteiger partial charge in [0.2, 0.25) is 5.91 Å². The lowest BCUT2D eigenvalue weighted by Gasteiger charge is -2.20. The van der Waals surface area contributed by atoms with Crippen LogP contribution >= 0.6 is 0 Å². The number of hydrogen-bond acceptors (Lipinski definition) is 4. The molecule has 1 aromatic rings. The molecule has 0 aliphatic carbocycles. The Hall–Kier alpha value is -1.40. The molecular formula is C12H17NO4S. The first-order valence-corrected chi connectivity index (χ1v) is 7.43. The van der Waals surface area contributed by atoms with Crippen LogP contribution in [0.4, 0.5) is 5.69 Å². The maximum absolute atomic E-state index is 11.5. The van der Waals surface area contributed by atoms with Gasteiger partial charge in [-0.2, -0.15) is 0 Å². The van der Waals surface area contributed by atoms with Crippen molar-refractivity contribution in [3.05, 3.63) is 30.3 Å². The first-order valence-electron chi connectivity index (χ1n) is 5.61. The van der Waals surface area contributed by atoms with E-state index in [1.165, 1.54) is 11.8 Å². The van der Waals surface area contributed by atoms with Crippen molar-refractivity contribution in [1.29, 1.82) is 0 Å². The fourth-order valence-corrected chi connectivity index (χ4v) is 2.49. The minimum atomic E-state index is -3.31. The predicted octanol–water partition coefficient (Wildman–Crippen LogP) is 0.447. The van der Waals surface area contributed by atoms with Gasteiger partial charge in [0.05, 0.1) is 18.1 Å². The number of benzene rings is 1. The van der Waals surface area contributed by atoms with Crippen molar-refractivity contribution < 1.29 is 18.3 Å². The summed E-state index contributed by atoms with van der Waals surface area (Å²) in [5, 5.41) is 8.63. The Morgan fingerprint density at radius 3 is 2.33 bits per heavy atom. The van der Waals surface area contributed by atoms with E-state index in [4.69, 9.17) is 5.11 Å². The number of aliphatic hydroxyl groups is 1. The summed E-state index contributed by atoms with van der Waals surface area (Å²) in [6.45, 7) is 1.10. The molecular weight excluding hydrogens is 254 g/mol. The first kappa shape index (κ1) is 14.7. The Morgan fingerprint density at radius 2 is 1.83 bits per heavy atom. The van der Waals surface area contributed by atoms with E-state index in [1.54, 1.807) is 24.3 Å². The molecule has 0 bridgehead atoms. The van der Waals surface area contributed by atoms with Gasteiger partial charge in [0, 0.05) is 19.2 Å². The van der Waals surface area contributed by atoms with Crippen LogP contribution in [0.5, 0.6) is 0 Å². The van der Waals surface area contributed by atoms with Crippen molar-refractivity contribution in [3.8, 4) is 0 Å². The third-order valence-corrected chi connectivity index (χ3v) is 4.09. The number of anilines is 1. The van der Waals surface area contributed by atoms with Gasteiger partial charge in [-0.05, 0) is 12.1 Å². The van der Waals surface area contributed by atoms with E-state index >= 15 is 0 Å². The molecule has 0 saturated carbocycles. The zero-order valence-corrected chi connectivity index (χ0v) is 11.1. The number of aliphatic hydroxyl groups excluding tert-OH is 1. The number of hydrogen-bond donors (Lipinski definition) is 1. The molecule has 0 fully saturated rings. The van der Waals surface area contributed by atoms with Gasteiger partial charge >= 0.3 is 0 Å². The third kappa shape index (κ3) is 4.46. The molecule has 1 aromatic carbocycles. The van der Waals surface area contributed by atoms with Gasteiger partial charge < -0.3 is 10.0 Å². The van der Waals surface area contributed by atoms with Gasteiger partial charge in [-0.3, -0.25) is 4.79 Å². The summed E-state index contributed by atoms with van der Waals surface area (Å²) >= 11 is 0. The average molecular weight is 271 g/mol. The van der Waals surface area contributed by atoms with Crippen LogP contribution in [0.25, 0.3) is 0 Å². The van der Waals surface area contributed by atoms with Gasteiger partial charge in [0.25, 0.3) is 0 Å². The van der Waals surface area contributed by atoms with Crippen LogP contribution in [0.1, 0.15) is 6.92 Å². The monoisotopic (exact) mass is 271 g/mol. The molecule has 0 aromatic heterocycles. The summed E-state index contributed by atoms with van der Waals surface area (Å²) in [7, 11) is -3.31. The molecule has 100 valence electrons. The number of carbonyl (C=O) groups is 1. The van der Waals surface area contributed by atoms with Crippen molar-refractivity contribution >= 4 is 21.4 Å². The first-order chi connectivity index (χ1) is 8.46. The van der Waals surface area contributed by atoms with Crippen molar-refractivity contribution in [2.45, 2.75) is 6.92 Å². The summed E-state index contributed by atoms with van der Waals surface area (Å²) in [4.78, 5) is 12.9. The summed E-state index contributed by atoms with van der Waals surface area (Å²) < 4.78 is 23.0. The molecule has 5 nitrogen and oxygen atoms in total. The highest BCUT2D eigenvalue weighted by Gasteiger charge is 2.16. The minimum absolute atomic E-state index is 0.0989. The molecule has 0 spiro atoms. The van der Waals surface area contributed by atoms with Gasteiger partial charge in [0.1, 0.15) is 0 Å². The molecule has 0 aliphatic rings. The van der Waals surface area contributed by atoms with E-state index in [2.05, 4.69) is 0 Å². The molecule has 0 unspecified atom stereocenters. The molecule has 0 atom stereocenters. The molecule has 0 radical (unpaired) electrons. The summed E-state index contributed by atoms with van der Waals surface area (Å²) in [6.07, 6.45) is 0. The molecule has 1 amide bonds. The van der Waals surface area contributed by atoms with Crippen LogP contribution in [0.3, 0.4) is 0 Å². The van der Waals surface area contributed by atoms with Crippen molar-refractivity contribution in [2.75, 3.05) is 29.6 Å². The van der Waals surface area contributed by atoms with E-state index in [0.29, 0.717) is 5.69 Å². The lowest BCUT2D eigenvalue weighted by Crippen LogP contribution is -2.34. The number of para-hydroxylation sites is 1. The maximum Gasteiger partial charge on any atom is 0.223 e. The van der Waals surface area contributed by atoms with E-state index in [0.717, 1.165) is 0 Å². The van der Waals surface area contributed by atoms with Crippen molar-refractivity contribution in [1.82, 2.24) is 0 Å². The van der Waals surface area contributed by atoms with Crippen LogP contribution < -0.4 is 4.90 Å². The van der Waals surface area contributed by atoms with Crippen molar-refractivity contribution in [3.63, 3.8) is 0 Å². The van der Waals surface area contributed by atoms with E-state index < -0.39 is 16.4 Å². The number of rotatable bonds is 6.